The topological polar surface area (TPSA) is 34.1 Å². The Morgan fingerprint density at radius 2 is 1.00 bits per heavy atom. The van der Waals surface area contributed by atoms with Crippen molar-refractivity contribution in [2.75, 3.05) is 0 Å². The van der Waals surface area contributed by atoms with Crippen molar-refractivity contribution in [3.05, 3.63) is 0 Å². The molecule has 0 N–H and O–H groups in total. The Hall–Kier alpha value is -0.390. The summed E-state index contributed by atoms with van der Waals surface area (Å²) >= 11 is 0. The van der Waals surface area contributed by atoms with Gasteiger partial charge in [-0.3, -0.25) is 0 Å². The van der Waals surface area contributed by atoms with Crippen LogP contribution in [0, 0.1) is 0 Å². The van der Waals surface area contributed by atoms with E-state index in [1.807, 2.05) is 0 Å². The predicted octanol–water partition coefficient (Wildman–Crippen LogP) is 2.98. The summed E-state index contributed by atoms with van der Waals surface area (Å²) in [5, 5.41) is -6.97. The van der Waals surface area contributed by atoms with E-state index in [2.05, 4.69) is 10.7 Å². The van der Waals surface area contributed by atoms with E-state index >= 15 is 0 Å². The van der Waals surface area contributed by atoms with Crippen LogP contribution in [-0.2, 0) is 9.05 Å². The highest BCUT2D eigenvalue weighted by molar-refractivity contribution is 8.14. The van der Waals surface area contributed by atoms with Crippen LogP contribution in [0.25, 0.3) is 0 Å². The molecule has 0 aliphatic carbocycles. The largest absolute Gasteiger partial charge is 0.458 e. The molecule has 0 aromatic heterocycles. The van der Waals surface area contributed by atoms with Gasteiger partial charge in [0.15, 0.2) is 0 Å². The third-order valence-corrected chi connectivity index (χ3v) is 3.26. The van der Waals surface area contributed by atoms with E-state index in [4.69, 9.17) is 0 Å². The van der Waals surface area contributed by atoms with Crippen molar-refractivity contribution < 1.29 is 47.9 Å². The second-order valence-electron chi connectivity index (χ2n) is 2.60. The molecule has 0 rings (SSSR count). The molecule has 0 saturated carbocycles. The Morgan fingerprint density at radius 1 is 0.706 bits per heavy atom. The van der Waals surface area contributed by atoms with E-state index < -0.39 is 32.3 Å². The van der Waals surface area contributed by atoms with Gasteiger partial charge < -0.3 is 0 Å². The first-order chi connectivity index (χ1) is 7.00. The average molecular weight is 319 g/mol. The highest BCUT2D eigenvalue weighted by Gasteiger charge is 2.87. The molecule has 0 spiro atoms. The van der Waals surface area contributed by atoms with Crippen molar-refractivity contribution >= 4 is 19.7 Å². The lowest BCUT2D eigenvalue weighted by Crippen LogP contribution is -2.64. The summed E-state index contributed by atoms with van der Waals surface area (Å²) in [5.41, 5.74) is 0. The van der Waals surface area contributed by atoms with Crippen LogP contribution in [0.1, 0.15) is 0 Å². The Kier molecular flexibility index (Phi) is 3.71. The van der Waals surface area contributed by atoms with E-state index in [1.165, 1.54) is 0 Å². The van der Waals surface area contributed by atoms with Gasteiger partial charge in [-0.25, -0.2) is 12.8 Å². The third-order valence-electron chi connectivity index (χ3n) is 1.46. The maximum Gasteiger partial charge on any atom is 0.458 e. The summed E-state index contributed by atoms with van der Waals surface area (Å²) < 4.78 is 128. The van der Waals surface area contributed by atoms with Gasteiger partial charge in [-0.15, -0.1) is 0 Å². The predicted molar refractivity (Wildman–Crippen MR) is 35.7 cm³/mol. The van der Waals surface area contributed by atoms with Crippen LogP contribution >= 0.6 is 10.7 Å². The molecule has 0 amide bonds. The molecule has 1 atom stereocenters. The van der Waals surface area contributed by atoms with Crippen LogP contribution in [0.3, 0.4) is 0 Å². The van der Waals surface area contributed by atoms with Crippen LogP contribution in [-0.4, -0.2) is 31.7 Å². The minimum absolute atomic E-state index is 3.71. The monoisotopic (exact) mass is 318 g/mol. The fraction of sp³-hybridized carbons (Fsp3) is 1.00. The van der Waals surface area contributed by atoms with Gasteiger partial charge in [-0.1, -0.05) is 0 Å². The molecule has 0 heterocycles. The maximum absolute atomic E-state index is 12.8. The zero-order valence-corrected chi connectivity index (χ0v) is 8.58. The second kappa shape index (κ2) is 3.80. The van der Waals surface area contributed by atoms with Crippen molar-refractivity contribution in [1.29, 1.82) is 0 Å². The molecule has 17 heavy (non-hydrogen) atoms. The van der Waals surface area contributed by atoms with E-state index in [1.54, 1.807) is 0 Å². The van der Waals surface area contributed by atoms with E-state index in [-0.39, 0.29) is 0 Å². The summed E-state index contributed by atoms with van der Waals surface area (Å²) in [7, 11) is -3.24. The zero-order valence-electron chi connectivity index (χ0n) is 7.00. The van der Waals surface area contributed by atoms with Gasteiger partial charge >= 0.3 is 23.3 Å². The highest BCUT2D eigenvalue weighted by Crippen LogP contribution is 2.56. The molecule has 0 fully saturated rings. The van der Waals surface area contributed by atoms with Crippen molar-refractivity contribution in [1.82, 2.24) is 0 Å². The van der Waals surface area contributed by atoms with Crippen molar-refractivity contribution in [2.45, 2.75) is 23.3 Å². The van der Waals surface area contributed by atoms with Crippen molar-refractivity contribution in [2.24, 2.45) is 0 Å². The molecule has 0 bridgehead atoms. The minimum atomic E-state index is -7.25. The van der Waals surface area contributed by atoms with Crippen LogP contribution in [0.15, 0.2) is 0 Å². The fourth-order valence-corrected chi connectivity index (χ4v) is 1.90. The molecule has 0 aromatic carbocycles. The Labute approximate surface area is 91.8 Å². The Bertz CT molecular complexity index is 394. The number of halogens is 10. The minimum Gasteiger partial charge on any atom is -0.208 e. The summed E-state index contributed by atoms with van der Waals surface area (Å²) in [6.45, 7) is 0. The van der Waals surface area contributed by atoms with Gasteiger partial charge in [0.25, 0.3) is 9.05 Å². The molecule has 1 unspecified atom stereocenters. The molecule has 0 aliphatic rings. The normalized spacial score (nSPS) is 18.9. The van der Waals surface area contributed by atoms with Gasteiger partial charge in [-0.2, -0.15) is 35.1 Å². The fourth-order valence-electron chi connectivity index (χ4n) is 0.652. The van der Waals surface area contributed by atoms with Crippen LogP contribution in [0.4, 0.5) is 39.5 Å². The first-order valence-electron chi connectivity index (χ1n) is 3.14. The van der Waals surface area contributed by atoms with Crippen LogP contribution in [0.2, 0.25) is 0 Å². The van der Waals surface area contributed by atoms with Gasteiger partial charge in [0.1, 0.15) is 0 Å². The number of hydrogen-bond acceptors (Lipinski definition) is 2. The summed E-state index contributed by atoms with van der Waals surface area (Å²) in [6, 6.07) is 0. The third kappa shape index (κ3) is 2.28. The molecular formula is C4ClF9O2S. The molecule has 0 aliphatic heterocycles. The summed E-state index contributed by atoms with van der Waals surface area (Å²) in [4.78, 5) is 0. The van der Waals surface area contributed by atoms with Gasteiger partial charge in [0.05, 0.1) is 0 Å². The Morgan fingerprint density at radius 3 is 1.06 bits per heavy atom. The molecule has 13 heteroatoms. The first kappa shape index (κ1) is 16.6. The van der Waals surface area contributed by atoms with Crippen LogP contribution < -0.4 is 0 Å². The molecule has 104 valence electrons. The number of alkyl halides is 9. The molecule has 2 nitrogen and oxygen atoms in total. The van der Waals surface area contributed by atoms with Crippen molar-refractivity contribution in [3.8, 4) is 0 Å². The van der Waals surface area contributed by atoms with Crippen molar-refractivity contribution in [3.63, 3.8) is 0 Å². The Balaban J connectivity index is 6.24. The quantitative estimate of drug-likeness (QED) is 0.579. The molecule has 0 saturated heterocycles. The molecule has 0 aromatic rings. The molecular weight excluding hydrogens is 319 g/mol. The number of rotatable bonds is 2. The zero-order chi connectivity index (χ0) is 14.5. The first-order valence-corrected chi connectivity index (χ1v) is 5.45. The number of hydrogen-bond donors (Lipinski definition) is 0. The van der Waals surface area contributed by atoms with E-state index in [0.29, 0.717) is 0 Å². The maximum atomic E-state index is 12.8. The lowest BCUT2D eigenvalue weighted by Gasteiger charge is -2.32. The second-order valence-corrected chi connectivity index (χ2v) is 5.26. The lowest BCUT2D eigenvalue weighted by atomic mass is 10.2. The van der Waals surface area contributed by atoms with Gasteiger partial charge in [0.2, 0.25) is 0 Å². The lowest BCUT2D eigenvalue weighted by molar-refractivity contribution is -0.357. The smallest absolute Gasteiger partial charge is 0.208 e. The van der Waals surface area contributed by atoms with E-state index in [0.717, 1.165) is 0 Å². The molecule has 0 radical (unpaired) electrons. The summed E-state index contributed by atoms with van der Waals surface area (Å²) in [6.07, 6.45) is -14.2. The SMILES string of the molecule is O=S(=O)(Cl)C(F)(C(F)(F)F)C(F)(F)C(F)(F)F. The van der Waals surface area contributed by atoms with Gasteiger partial charge in [-0.05, 0) is 0 Å². The van der Waals surface area contributed by atoms with E-state index in [9.17, 15) is 47.9 Å². The standard InChI is InChI=1S/C4ClF9O2S/c5-17(15,16)2(8,4(12,13)14)1(6,7)3(9,10)11. The van der Waals surface area contributed by atoms with Crippen LogP contribution in [0.5, 0.6) is 0 Å². The summed E-state index contributed by atoms with van der Waals surface area (Å²) in [5.74, 6) is -7.25. The average Bonchev–Trinajstić information content (AvgIpc) is 1.95. The highest BCUT2D eigenvalue weighted by atomic mass is 35.7. The van der Waals surface area contributed by atoms with Gasteiger partial charge in [0, 0.05) is 10.7 Å².